The molecule has 0 spiro atoms. The van der Waals surface area contributed by atoms with Gasteiger partial charge in [-0.05, 0) is 43.0 Å². The first-order valence-corrected chi connectivity index (χ1v) is 6.94. The van der Waals surface area contributed by atoms with Crippen LogP contribution in [0.2, 0.25) is 0 Å². The van der Waals surface area contributed by atoms with Crippen molar-refractivity contribution in [1.82, 2.24) is 4.98 Å². The summed E-state index contributed by atoms with van der Waals surface area (Å²) < 4.78 is 42.1. The van der Waals surface area contributed by atoms with Crippen molar-refractivity contribution in [2.45, 2.75) is 25.4 Å². The third-order valence-electron chi connectivity index (χ3n) is 3.17. The molecule has 0 aliphatic rings. The van der Waals surface area contributed by atoms with Crippen molar-refractivity contribution in [3.63, 3.8) is 0 Å². The van der Waals surface area contributed by atoms with E-state index >= 15 is 0 Å². The third-order valence-corrected chi connectivity index (χ3v) is 3.17. The van der Waals surface area contributed by atoms with Crippen molar-refractivity contribution in [2.75, 3.05) is 0 Å². The number of hydrogen-bond acceptors (Lipinski definition) is 3. The summed E-state index contributed by atoms with van der Waals surface area (Å²) in [6.07, 6.45) is -3.31. The van der Waals surface area contributed by atoms with Gasteiger partial charge in [-0.3, -0.25) is 0 Å². The van der Waals surface area contributed by atoms with Crippen molar-refractivity contribution >= 4 is 6.09 Å². The number of carbonyl (C=O) groups excluding carboxylic acids is 1. The fourth-order valence-electron chi connectivity index (χ4n) is 2.09. The fraction of sp³-hybridized carbons (Fsp3) is 0.250. The molecule has 0 radical (unpaired) electrons. The number of aromatic nitrogens is 1. The van der Waals surface area contributed by atoms with Gasteiger partial charge in [-0.15, -0.1) is 0 Å². The molecule has 1 aromatic heterocycles. The Kier molecular flexibility index (Phi) is 5.20. The molecule has 122 valence electrons. The second kappa shape index (κ2) is 7.13. The van der Waals surface area contributed by atoms with E-state index in [0.29, 0.717) is 19.3 Å². The molecular formula is C16H15F3N2O2. The smallest absolute Gasteiger partial charge is 0.391 e. The minimum absolute atomic E-state index is 0.129. The Morgan fingerprint density at radius 3 is 2.39 bits per heavy atom. The van der Waals surface area contributed by atoms with Crippen LogP contribution in [0.15, 0.2) is 42.5 Å². The first-order chi connectivity index (χ1) is 10.8. The van der Waals surface area contributed by atoms with E-state index in [4.69, 9.17) is 5.73 Å². The van der Waals surface area contributed by atoms with E-state index in [0.717, 1.165) is 23.4 Å². The highest BCUT2D eigenvalue weighted by Gasteiger charge is 2.29. The second-order valence-corrected chi connectivity index (χ2v) is 4.94. The molecule has 0 atom stereocenters. The Hall–Kier alpha value is -2.57. The van der Waals surface area contributed by atoms with Crippen molar-refractivity contribution in [3.05, 3.63) is 59.3 Å². The van der Waals surface area contributed by atoms with E-state index < -0.39 is 17.8 Å². The molecule has 0 saturated heterocycles. The number of halogens is 3. The van der Waals surface area contributed by atoms with E-state index in [1.807, 2.05) is 0 Å². The Morgan fingerprint density at radius 1 is 1.09 bits per heavy atom. The summed E-state index contributed by atoms with van der Waals surface area (Å²) >= 11 is 0. The Bertz CT molecular complexity index is 670. The SMILES string of the molecule is NC(=O)Oc1cccc(CCCc2ccc(C(F)(F)F)cc2)n1. The lowest BCUT2D eigenvalue weighted by Crippen LogP contribution is -2.17. The zero-order valence-electron chi connectivity index (χ0n) is 12.1. The first kappa shape index (κ1) is 16.8. The van der Waals surface area contributed by atoms with Crippen molar-refractivity contribution in [1.29, 1.82) is 0 Å². The lowest BCUT2D eigenvalue weighted by molar-refractivity contribution is -0.137. The van der Waals surface area contributed by atoms with Crippen LogP contribution in [0, 0.1) is 0 Å². The molecule has 0 saturated carbocycles. The average molecular weight is 324 g/mol. The second-order valence-electron chi connectivity index (χ2n) is 4.94. The standard InChI is InChI=1S/C16H15F3N2O2/c17-16(18,19)12-9-7-11(8-10-12)3-1-4-13-5-2-6-14(21-13)23-15(20)22/h2,5-10H,1,3-4H2,(H2,20,22). The van der Waals surface area contributed by atoms with E-state index in [1.54, 1.807) is 12.1 Å². The number of rotatable bonds is 5. The lowest BCUT2D eigenvalue weighted by atomic mass is 10.0. The summed E-state index contributed by atoms with van der Waals surface area (Å²) in [6, 6.07) is 10.1. The summed E-state index contributed by atoms with van der Waals surface area (Å²) in [4.78, 5) is 14.8. The van der Waals surface area contributed by atoms with E-state index in [-0.39, 0.29) is 5.88 Å². The number of nitrogens with zero attached hydrogens (tertiary/aromatic N) is 1. The fourth-order valence-corrected chi connectivity index (χ4v) is 2.09. The van der Waals surface area contributed by atoms with Gasteiger partial charge in [-0.25, -0.2) is 9.78 Å². The van der Waals surface area contributed by atoms with Crippen LogP contribution in [-0.4, -0.2) is 11.1 Å². The molecule has 7 heteroatoms. The summed E-state index contributed by atoms with van der Waals surface area (Å²) in [7, 11) is 0. The Morgan fingerprint density at radius 2 is 1.78 bits per heavy atom. The number of amides is 1. The van der Waals surface area contributed by atoms with Crippen molar-refractivity contribution in [2.24, 2.45) is 5.73 Å². The number of alkyl halides is 3. The summed E-state index contributed by atoms with van der Waals surface area (Å²) in [6.45, 7) is 0. The Balaban J connectivity index is 1.88. The van der Waals surface area contributed by atoms with Crippen molar-refractivity contribution in [3.8, 4) is 5.88 Å². The van der Waals surface area contributed by atoms with Crippen LogP contribution in [-0.2, 0) is 19.0 Å². The topological polar surface area (TPSA) is 65.2 Å². The molecule has 2 N–H and O–H groups in total. The Labute approximate surface area is 131 Å². The van der Waals surface area contributed by atoms with E-state index in [9.17, 15) is 18.0 Å². The van der Waals surface area contributed by atoms with Gasteiger partial charge < -0.3 is 10.5 Å². The molecule has 1 heterocycles. The number of carbonyl (C=O) groups is 1. The number of ether oxygens (including phenoxy) is 1. The highest BCUT2D eigenvalue weighted by atomic mass is 19.4. The van der Waals surface area contributed by atoms with Gasteiger partial charge in [0.25, 0.3) is 0 Å². The molecule has 1 aromatic carbocycles. The molecule has 23 heavy (non-hydrogen) atoms. The number of pyridine rings is 1. The molecule has 1 amide bonds. The van der Waals surface area contributed by atoms with Gasteiger partial charge in [-0.2, -0.15) is 13.2 Å². The van der Waals surface area contributed by atoms with Crippen LogP contribution in [0.1, 0.15) is 23.2 Å². The van der Waals surface area contributed by atoms with E-state index in [1.165, 1.54) is 18.2 Å². The molecule has 2 rings (SSSR count). The largest absolute Gasteiger partial charge is 0.416 e. The van der Waals surface area contributed by atoms with Gasteiger partial charge in [0.05, 0.1) is 5.56 Å². The normalized spacial score (nSPS) is 11.3. The maximum atomic E-state index is 12.5. The van der Waals surface area contributed by atoms with Gasteiger partial charge in [0.2, 0.25) is 5.88 Å². The quantitative estimate of drug-likeness (QED) is 0.911. The van der Waals surface area contributed by atoms with E-state index in [2.05, 4.69) is 9.72 Å². The average Bonchev–Trinajstić information content (AvgIpc) is 2.46. The lowest BCUT2D eigenvalue weighted by Gasteiger charge is -2.08. The molecular weight excluding hydrogens is 309 g/mol. The number of aryl methyl sites for hydroxylation is 2. The van der Waals surface area contributed by atoms with Gasteiger partial charge in [-0.1, -0.05) is 18.2 Å². The minimum Gasteiger partial charge on any atom is -0.391 e. The summed E-state index contributed by atoms with van der Waals surface area (Å²) in [5, 5.41) is 0. The highest BCUT2D eigenvalue weighted by molar-refractivity contribution is 5.67. The van der Waals surface area contributed by atoms with Crippen molar-refractivity contribution < 1.29 is 22.7 Å². The third kappa shape index (κ3) is 5.28. The summed E-state index contributed by atoms with van der Waals surface area (Å²) in [5.41, 5.74) is 5.80. The van der Waals surface area contributed by atoms with Crippen LogP contribution in [0.25, 0.3) is 0 Å². The van der Waals surface area contributed by atoms with Gasteiger partial charge in [0.15, 0.2) is 0 Å². The number of nitrogens with two attached hydrogens (primary N) is 1. The number of primary amides is 1. The van der Waals surface area contributed by atoms with Gasteiger partial charge in [0, 0.05) is 11.8 Å². The molecule has 0 aliphatic carbocycles. The zero-order valence-corrected chi connectivity index (χ0v) is 12.1. The minimum atomic E-state index is -4.32. The van der Waals surface area contributed by atoms with Crippen LogP contribution in [0.3, 0.4) is 0 Å². The number of benzene rings is 1. The molecule has 0 fully saturated rings. The number of hydrogen-bond donors (Lipinski definition) is 1. The van der Waals surface area contributed by atoms with Crippen LogP contribution < -0.4 is 10.5 Å². The van der Waals surface area contributed by atoms with Gasteiger partial charge in [0.1, 0.15) is 0 Å². The predicted octanol–water partition coefficient (Wildman–Crippen LogP) is 3.73. The van der Waals surface area contributed by atoms with Gasteiger partial charge >= 0.3 is 12.3 Å². The maximum Gasteiger partial charge on any atom is 0.416 e. The van der Waals surface area contributed by atoms with Crippen LogP contribution >= 0.6 is 0 Å². The highest BCUT2D eigenvalue weighted by Crippen LogP contribution is 2.29. The van der Waals surface area contributed by atoms with Crippen LogP contribution in [0.4, 0.5) is 18.0 Å². The molecule has 0 unspecified atom stereocenters. The maximum absolute atomic E-state index is 12.5. The molecule has 2 aromatic rings. The van der Waals surface area contributed by atoms with Crippen LogP contribution in [0.5, 0.6) is 5.88 Å². The first-order valence-electron chi connectivity index (χ1n) is 6.94. The monoisotopic (exact) mass is 324 g/mol. The predicted molar refractivity (Wildman–Crippen MR) is 77.9 cm³/mol. The zero-order chi connectivity index (χ0) is 16.9. The molecule has 0 aliphatic heterocycles. The molecule has 0 bridgehead atoms. The molecule has 4 nitrogen and oxygen atoms in total. The summed E-state index contributed by atoms with van der Waals surface area (Å²) in [5.74, 6) is 0.129.